The molecule has 0 saturated carbocycles. The third-order valence-corrected chi connectivity index (χ3v) is 7.95. The molecule has 1 aromatic carbocycles. The first-order valence-electron chi connectivity index (χ1n) is 13.3. The second kappa shape index (κ2) is 12.8. The van der Waals surface area contributed by atoms with Crippen molar-refractivity contribution in [1.29, 1.82) is 0 Å². The van der Waals surface area contributed by atoms with Gasteiger partial charge in [-0.05, 0) is 23.6 Å². The lowest BCUT2D eigenvalue weighted by Gasteiger charge is -2.31. The van der Waals surface area contributed by atoms with Crippen LogP contribution in [0.5, 0.6) is 5.88 Å². The zero-order chi connectivity index (χ0) is 29.0. The van der Waals surface area contributed by atoms with Crippen molar-refractivity contribution in [2.45, 2.75) is 57.2 Å². The predicted octanol–water partition coefficient (Wildman–Crippen LogP) is 5.31. The van der Waals surface area contributed by atoms with Gasteiger partial charge in [0.15, 0.2) is 23.6 Å². The van der Waals surface area contributed by atoms with Gasteiger partial charge in [0.2, 0.25) is 16.8 Å². The van der Waals surface area contributed by atoms with Gasteiger partial charge in [0, 0.05) is 17.7 Å². The van der Waals surface area contributed by atoms with Crippen molar-refractivity contribution in [3.63, 3.8) is 0 Å². The number of benzene rings is 1. The fraction of sp³-hybridized carbons (Fsp3) is 0.464. The molecule has 5 atom stereocenters. The summed E-state index contributed by atoms with van der Waals surface area (Å²) in [5.41, 5.74) is 2.01. The van der Waals surface area contributed by atoms with E-state index in [9.17, 15) is 4.79 Å². The van der Waals surface area contributed by atoms with Crippen molar-refractivity contribution >= 4 is 40.1 Å². The molecular formula is C28H31ClFN5O5S. The number of imidazole rings is 1. The molecule has 3 aromatic heterocycles. The van der Waals surface area contributed by atoms with Crippen LogP contribution < -0.4 is 4.74 Å². The monoisotopic (exact) mass is 603 g/mol. The van der Waals surface area contributed by atoms with Crippen LogP contribution in [0, 0.1) is 5.92 Å². The van der Waals surface area contributed by atoms with Crippen molar-refractivity contribution in [2.24, 2.45) is 5.92 Å². The molecule has 1 fully saturated rings. The summed E-state index contributed by atoms with van der Waals surface area (Å²) in [5, 5.41) is 1.71. The molecule has 4 aromatic rings. The summed E-state index contributed by atoms with van der Waals surface area (Å²) in [6, 6.07) is 9.44. The molecule has 0 spiro atoms. The second-order valence-electron chi connectivity index (χ2n) is 9.86. The molecule has 0 amide bonds. The van der Waals surface area contributed by atoms with Gasteiger partial charge in [-0.3, -0.25) is 4.57 Å². The first kappa shape index (κ1) is 29.3. The maximum absolute atomic E-state index is 15.8. The molecule has 13 heteroatoms. The SMILES string of the molecule is CCCCOc1nc(Cl)nc2c1ncn2[C@@H]1O[C@H](COC(Cc2ccccc2)(C(=O)OC)c2cscn2)[C@@H](C)[C@@H]1F. The standard InChI is InChI=1S/C28H31ClFN5O5S/c1-4-5-11-38-24-22-23(33-27(29)34-24)35(15-31-22)25-21(30)17(2)19(40-25)13-39-28(26(36)37-3,20-14-41-16-32-20)12-18-9-7-6-8-10-18/h6-10,14-17,19,21,25H,4-5,11-13H2,1-3H3/t17-,19-,21+,25-,28?/m1/s1. The van der Waals surface area contributed by atoms with E-state index in [1.807, 2.05) is 30.3 Å². The zero-order valence-electron chi connectivity index (χ0n) is 22.9. The minimum absolute atomic E-state index is 0.0425. The Kier molecular flexibility index (Phi) is 9.12. The summed E-state index contributed by atoms with van der Waals surface area (Å²) in [6.07, 6.45) is 0.208. The lowest BCUT2D eigenvalue weighted by molar-refractivity contribution is -0.179. The predicted molar refractivity (Wildman–Crippen MR) is 151 cm³/mol. The van der Waals surface area contributed by atoms with Gasteiger partial charge in [-0.2, -0.15) is 9.97 Å². The normalized spacial score (nSPS) is 22.1. The molecule has 1 aliphatic heterocycles. The number of rotatable bonds is 12. The molecule has 4 heterocycles. The van der Waals surface area contributed by atoms with Gasteiger partial charge in [0.25, 0.3) is 0 Å². The number of alkyl halides is 1. The summed E-state index contributed by atoms with van der Waals surface area (Å²) in [6.45, 7) is 4.14. The highest BCUT2D eigenvalue weighted by Crippen LogP contribution is 2.40. The van der Waals surface area contributed by atoms with Crippen LogP contribution in [0.3, 0.4) is 0 Å². The van der Waals surface area contributed by atoms with Crippen molar-refractivity contribution in [2.75, 3.05) is 20.3 Å². The molecule has 1 unspecified atom stereocenters. The maximum atomic E-state index is 15.8. The zero-order valence-corrected chi connectivity index (χ0v) is 24.5. The van der Waals surface area contributed by atoms with Crippen LogP contribution in [0.1, 0.15) is 44.2 Å². The van der Waals surface area contributed by atoms with E-state index in [2.05, 4.69) is 26.9 Å². The van der Waals surface area contributed by atoms with Gasteiger partial charge in [0.1, 0.15) is 0 Å². The molecule has 41 heavy (non-hydrogen) atoms. The fourth-order valence-corrected chi connectivity index (χ4v) is 5.63. The Labute approximate surface area is 245 Å². The summed E-state index contributed by atoms with van der Waals surface area (Å²) >= 11 is 7.52. The number of thiazole rings is 1. The molecule has 5 rings (SSSR count). The molecule has 0 N–H and O–H groups in total. The van der Waals surface area contributed by atoms with Crippen LogP contribution in [0.2, 0.25) is 5.28 Å². The number of unbranched alkanes of at least 4 members (excludes halogenated alkanes) is 1. The van der Waals surface area contributed by atoms with Crippen LogP contribution in [-0.4, -0.2) is 63.1 Å². The quantitative estimate of drug-likeness (QED) is 0.121. The molecule has 1 saturated heterocycles. The van der Waals surface area contributed by atoms with Crippen LogP contribution in [-0.2, 0) is 31.0 Å². The lowest BCUT2D eigenvalue weighted by atomic mass is 9.91. The number of carbonyl (C=O) groups excluding carboxylic acids is 1. The Morgan fingerprint density at radius 3 is 2.76 bits per heavy atom. The van der Waals surface area contributed by atoms with Gasteiger partial charge < -0.3 is 18.9 Å². The number of nitrogens with zero attached hydrogens (tertiary/aromatic N) is 5. The number of aromatic nitrogens is 5. The van der Waals surface area contributed by atoms with Crippen LogP contribution >= 0.6 is 22.9 Å². The number of fused-ring (bicyclic) bond motifs is 1. The Balaban J connectivity index is 1.40. The molecule has 218 valence electrons. The smallest absolute Gasteiger partial charge is 0.344 e. The summed E-state index contributed by atoms with van der Waals surface area (Å²) in [4.78, 5) is 30.5. The van der Waals surface area contributed by atoms with Gasteiger partial charge >= 0.3 is 5.97 Å². The molecule has 0 bridgehead atoms. The Hall–Kier alpha value is -3.19. The number of halogens is 2. The molecule has 0 radical (unpaired) electrons. The van der Waals surface area contributed by atoms with Gasteiger partial charge in [-0.15, -0.1) is 11.3 Å². The number of ether oxygens (including phenoxy) is 4. The fourth-order valence-electron chi connectivity index (χ4n) is 4.85. The molecule has 10 nitrogen and oxygen atoms in total. The average molecular weight is 604 g/mol. The maximum Gasteiger partial charge on any atom is 0.344 e. The van der Waals surface area contributed by atoms with E-state index in [0.717, 1.165) is 18.4 Å². The van der Waals surface area contributed by atoms with E-state index < -0.39 is 36.0 Å². The van der Waals surface area contributed by atoms with Crippen LogP contribution in [0.25, 0.3) is 11.2 Å². The average Bonchev–Trinajstić information content (AvgIpc) is 3.72. The van der Waals surface area contributed by atoms with E-state index in [4.69, 9.17) is 30.5 Å². The number of hydrogen-bond donors (Lipinski definition) is 0. The van der Waals surface area contributed by atoms with Gasteiger partial charge in [0.05, 0.1) is 44.0 Å². The van der Waals surface area contributed by atoms with E-state index in [1.165, 1.54) is 29.3 Å². The lowest BCUT2D eigenvalue weighted by Crippen LogP contribution is -2.44. The minimum Gasteiger partial charge on any atom is -0.476 e. The largest absolute Gasteiger partial charge is 0.476 e. The highest BCUT2D eigenvalue weighted by atomic mass is 35.5. The Bertz CT molecular complexity index is 1460. The third kappa shape index (κ3) is 5.92. The van der Waals surface area contributed by atoms with Gasteiger partial charge in [-0.25, -0.2) is 19.2 Å². The highest BCUT2D eigenvalue weighted by molar-refractivity contribution is 7.07. The van der Waals surface area contributed by atoms with Gasteiger partial charge in [-0.1, -0.05) is 50.6 Å². The first-order chi connectivity index (χ1) is 19.9. The van der Waals surface area contributed by atoms with Crippen LogP contribution in [0.15, 0.2) is 47.5 Å². The van der Waals surface area contributed by atoms with Crippen molar-refractivity contribution in [3.8, 4) is 5.88 Å². The summed E-state index contributed by atoms with van der Waals surface area (Å²) in [7, 11) is 1.30. The number of methoxy groups -OCH3 is 1. The van der Waals surface area contributed by atoms with Crippen molar-refractivity contribution in [3.05, 3.63) is 64.1 Å². The summed E-state index contributed by atoms with van der Waals surface area (Å²) < 4.78 is 40.8. The molecular weight excluding hydrogens is 573 g/mol. The Morgan fingerprint density at radius 2 is 2.05 bits per heavy atom. The number of hydrogen-bond acceptors (Lipinski definition) is 10. The molecule has 1 aliphatic rings. The highest BCUT2D eigenvalue weighted by Gasteiger charge is 2.49. The van der Waals surface area contributed by atoms with Crippen molar-refractivity contribution in [1.82, 2.24) is 24.5 Å². The topological polar surface area (TPSA) is 110 Å². The van der Waals surface area contributed by atoms with E-state index >= 15 is 4.39 Å². The van der Waals surface area contributed by atoms with E-state index in [1.54, 1.807) is 17.8 Å². The Morgan fingerprint density at radius 1 is 1.24 bits per heavy atom. The summed E-state index contributed by atoms with van der Waals surface area (Å²) in [5.74, 6) is -0.952. The minimum atomic E-state index is -1.55. The number of carbonyl (C=O) groups is 1. The van der Waals surface area contributed by atoms with Crippen LogP contribution in [0.4, 0.5) is 4.39 Å². The molecule has 0 aliphatic carbocycles. The number of esters is 1. The first-order valence-corrected chi connectivity index (χ1v) is 14.7. The van der Waals surface area contributed by atoms with E-state index in [-0.39, 0.29) is 24.2 Å². The van der Waals surface area contributed by atoms with E-state index in [0.29, 0.717) is 23.5 Å². The second-order valence-corrected chi connectivity index (χ2v) is 10.9. The van der Waals surface area contributed by atoms with Crippen molar-refractivity contribution < 1.29 is 28.1 Å². The third-order valence-electron chi connectivity index (χ3n) is 7.20.